The lowest BCUT2D eigenvalue weighted by atomic mass is 10.0. The minimum Gasteiger partial charge on any atom is -0.491 e. The van der Waals surface area contributed by atoms with Crippen molar-refractivity contribution in [3.63, 3.8) is 0 Å². The van der Waals surface area contributed by atoms with Crippen LogP contribution < -0.4 is 10.1 Å². The predicted molar refractivity (Wildman–Crippen MR) is 177 cm³/mol. The van der Waals surface area contributed by atoms with Gasteiger partial charge in [-0.1, -0.05) is 107 Å². The van der Waals surface area contributed by atoms with E-state index in [1.165, 1.54) is 70.9 Å². The smallest absolute Gasteiger partial charge is 0.418 e. The number of imide groups is 1. The molecular formula is C36H43ClN2O7. The maximum Gasteiger partial charge on any atom is 0.418 e. The van der Waals surface area contributed by atoms with Crippen molar-refractivity contribution >= 4 is 41.0 Å². The molecule has 1 aliphatic rings. The Morgan fingerprint density at radius 3 is 2.17 bits per heavy atom. The van der Waals surface area contributed by atoms with Crippen molar-refractivity contribution in [2.24, 2.45) is 0 Å². The average Bonchev–Trinajstić information content (AvgIpc) is 3.60. The number of Topliss-reactive ketones (excluding diaryl/α,β-unsaturated/α-hetero) is 1. The standard InChI is InChI=1S/C36H43ClN2O7/c1-4-5-6-7-8-9-10-11-12-16-23-44-29-20-19-26(37)24-27(29)38-33(41)31(39-34(42)36(2,3)46-35(39)43)32(40)30-22-21-28(45-30)25-17-14-13-15-18-25/h13-15,17-22,24,31H,4-12,16,23H2,1-3H3,(H,38,41). The molecule has 0 radical (unpaired) electrons. The molecule has 9 nitrogen and oxygen atoms in total. The van der Waals surface area contributed by atoms with Crippen molar-refractivity contribution in [2.75, 3.05) is 11.9 Å². The van der Waals surface area contributed by atoms with Gasteiger partial charge < -0.3 is 19.2 Å². The molecule has 1 aromatic heterocycles. The second-order valence-electron chi connectivity index (χ2n) is 12.0. The zero-order valence-electron chi connectivity index (χ0n) is 26.8. The molecule has 3 aromatic rings. The summed E-state index contributed by atoms with van der Waals surface area (Å²) >= 11 is 6.25. The van der Waals surface area contributed by atoms with Gasteiger partial charge in [-0.25, -0.2) is 9.69 Å². The Hall–Kier alpha value is -4.11. The number of ether oxygens (including phenoxy) is 2. The molecule has 1 unspecified atom stereocenters. The number of carbonyl (C=O) groups excluding carboxylic acids is 4. The first kappa shape index (κ1) is 34.8. The molecule has 10 heteroatoms. The van der Waals surface area contributed by atoms with Gasteiger partial charge in [-0.3, -0.25) is 14.4 Å². The quantitative estimate of drug-likeness (QED) is 0.0830. The molecule has 2 heterocycles. The molecule has 3 amide bonds. The Labute approximate surface area is 275 Å². The number of rotatable bonds is 18. The number of unbranched alkanes of at least 4 members (excludes halogenated alkanes) is 9. The third-order valence-electron chi connectivity index (χ3n) is 7.89. The molecule has 1 saturated heterocycles. The fraction of sp³-hybridized carbons (Fsp3) is 0.444. The molecule has 0 aliphatic carbocycles. The van der Waals surface area contributed by atoms with Crippen LogP contribution in [0.2, 0.25) is 5.02 Å². The van der Waals surface area contributed by atoms with Gasteiger partial charge in [0.2, 0.25) is 5.78 Å². The molecule has 1 N–H and O–H groups in total. The van der Waals surface area contributed by atoms with E-state index < -0.39 is 35.3 Å². The third kappa shape index (κ3) is 9.00. The number of hydrogen-bond acceptors (Lipinski definition) is 7. The third-order valence-corrected chi connectivity index (χ3v) is 8.13. The number of benzene rings is 2. The van der Waals surface area contributed by atoms with E-state index >= 15 is 0 Å². The monoisotopic (exact) mass is 650 g/mol. The Balaban J connectivity index is 1.45. The minimum absolute atomic E-state index is 0.200. The summed E-state index contributed by atoms with van der Waals surface area (Å²) in [5.41, 5.74) is -0.650. The Bertz CT molecular complexity index is 1500. The first-order chi connectivity index (χ1) is 22.1. The molecular weight excluding hydrogens is 608 g/mol. The van der Waals surface area contributed by atoms with E-state index in [-0.39, 0.29) is 11.4 Å². The van der Waals surface area contributed by atoms with Gasteiger partial charge in [0.1, 0.15) is 11.5 Å². The van der Waals surface area contributed by atoms with Gasteiger partial charge in [-0.15, -0.1) is 0 Å². The van der Waals surface area contributed by atoms with Crippen LogP contribution >= 0.6 is 11.6 Å². The highest BCUT2D eigenvalue weighted by molar-refractivity contribution is 6.31. The predicted octanol–water partition coefficient (Wildman–Crippen LogP) is 8.85. The average molecular weight is 651 g/mol. The van der Waals surface area contributed by atoms with Crippen LogP contribution in [0.25, 0.3) is 11.3 Å². The Morgan fingerprint density at radius 1 is 0.891 bits per heavy atom. The number of hydrogen-bond donors (Lipinski definition) is 1. The topological polar surface area (TPSA) is 115 Å². The van der Waals surface area contributed by atoms with E-state index in [1.54, 1.807) is 30.3 Å². The van der Waals surface area contributed by atoms with Crippen molar-refractivity contribution in [1.29, 1.82) is 0 Å². The summed E-state index contributed by atoms with van der Waals surface area (Å²) in [6.45, 7) is 5.43. The molecule has 4 rings (SSSR count). The van der Waals surface area contributed by atoms with Crippen LogP contribution in [0, 0.1) is 0 Å². The summed E-state index contributed by atoms with van der Waals surface area (Å²) < 4.78 is 17.0. The molecule has 1 aliphatic heterocycles. The molecule has 2 aromatic carbocycles. The summed E-state index contributed by atoms with van der Waals surface area (Å²) in [4.78, 5) is 54.3. The van der Waals surface area contributed by atoms with Gasteiger partial charge in [0.25, 0.3) is 11.8 Å². The number of carbonyl (C=O) groups is 4. The normalized spacial score (nSPS) is 14.7. The van der Waals surface area contributed by atoms with Crippen LogP contribution in [0.3, 0.4) is 0 Å². The number of halogens is 1. The van der Waals surface area contributed by atoms with Crippen LogP contribution in [0.15, 0.2) is 65.1 Å². The van der Waals surface area contributed by atoms with Crippen molar-refractivity contribution in [3.05, 3.63) is 71.4 Å². The number of furan rings is 1. The summed E-state index contributed by atoms with van der Waals surface area (Å²) in [5.74, 6) is -2.14. The maximum atomic E-state index is 13.8. The lowest BCUT2D eigenvalue weighted by Crippen LogP contribution is -2.53. The van der Waals surface area contributed by atoms with Crippen LogP contribution in [0.1, 0.15) is 95.5 Å². The SMILES string of the molecule is CCCCCCCCCCCCOc1ccc(Cl)cc1NC(=O)C(C(=O)c1ccc(-c2ccccc2)o1)N1C(=O)OC(C)(C)C1=O. The van der Waals surface area contributed by atoms with Crippen LogP contribution in [0.4, 0.5) is 10.5 Å². The number of amides is 3. The van der Waals surface area contributed by atoms with E-state index in [1.807, 2.05) is 18.2 Å². The van der Waals surface area contributed by atoms with Gasteiger partial charge in [0.15, 0.2) is 17.4 Å². The number of nitrogens with one attached hydrogen (secondary N) is 1. The number of anilines is 1. The molecule has 0 saturated carbocycles. The van der Waals surface area contributed by atoms with E-state index in [4.69, 9.17) is 25.5 Å². The number of ketones is 1. The van der Waals surface area contributed by atoms with Gasteiger partial charge in [-0.05, 0) is 50.6 Å². The molecule has 246 valence electrons. The van der Waals surface area contributed by atoms with E-state index in [0.717, 1.165) is 19.3 Å². The number of cyclic esters (lactones) is 1. The Morgan fingerprint density at radius 2 is 1.54 bits per heavy atom. The van der Waals surface area contributed by atoms with E-state index in [2.05, 4.69) is 12.2 Å². The first-order valence-electron chi connectivity index (χ1n) is 16.1. The lowest BCUT2D eigenvalue weighted by Gasteiger charge is -2.23. The van der Waals surface area contributed by atoms with Crippen molar-refractivity contribution < 1.29 is 33.1 Å². The summed E-state index contributed by atoms with van der Waals surface area (Å²) in [6, 6.07) is 14.9. The zero-order valence-corrected chi connectivity index (χ0v) is 27.6. The highest BCUT2D eigenvalue weighted by Crippen LogP contribution is 2.32. The highest BCUT2D eigenvalue weighted by Gasteiger charge is 2.54. The summed E-state index contributed by atoms with van der Waals surface area (Å²) in [5, 5.41) is 2.98. The molecule has 0 spiro atoms. The molecule has 46 heavy (non-hydrogen) atoms. The van der Waals surface area contributed by atoms with Gasteiger partial charge in [0, 0.05) is 10.6 Å². The summed E-state index contributed by atoms with van der Waals surface area (Å²) in [6.07, 6.45) is 10.8. The highest BCUT2D eigenvalue weighted by atomic mass is 35.5. The fourth-order valence-corrected chi connectivity index (χ4v) is 5.49. The summed E-state index contributed by atoms with van der Waals surface area (Å²) in [7, 11) is 0. The van der Waals surface area contributed by atoms with Crippen LogP contribution in [-0.2, 0) is 14.3 Å². The lowest BCUT2D eigenvalue weighted by molar-refractivity contribution is -0.137. The molecule has 1 atom stereocenters. The maximum absolute atomic E-state index is 13.8. The number of nitrogens with zero attached hydrogens (tertiary/aromatic N) is 1. The Kier molecular flexibility index (Phi) is 12.4. The van der Waals surface area contributed by atoms with Crippen LogP contribution in [-0.4, -0.2) is 46.8 Å². The zero-order chi connectivity index (χ0) is 33.1. The molecule has 1 fully saturated rings. The van der Waals surface area contributed by atoms with Crippen molar-refractivity contribution in [1.82, 2.24) is 4.90 Å². The second kappa shape index (κ2) is 16.5. The molecule has 0 bridgehead atoms. The largest absolute Gasteiger partial charge is 0.491 e. The van der Waals surface area contributed by atoms with Gasteiger partial charge in [-0.2, -0.15) is 0 Å². The van der Waals surface area contributed by atoms with Crippen LogP contribution in [0.5, 0.6) is 5.75 Å². The second-order valence-corrected chi connectivity index (χ2v) is 12.4. The van der Waals surface area contributed by atoms with Crippen molar-refractivity contribution in [3.8, 4) is 17.1 Å². The fourth-order valence-electron chi connectivity index (χ4n) is 5.32. The first-order valence-corrected chi connectivity index (χ1v) is 16.5. The van der Waals surface area contributed by atoms with E-state index in [9.17, 15) is 19.2 Å². The minimum atomic E-state index is -1.91. The van der Waals surface area contributed by atoms with Crippen molar-refractivity contribution in [2.45, 2.75) is 96.6 Å². The van der Waals surface area contributed by atoms with Gasteiger partial charge in [0.05, 0.1) is 12.3 Å². The van der Waals surface area contributed by atoms with Gasteiger partial charge >= 0.3 is 6.09 Å². The van der Waals surface area contributed by atoms with E-state index in [0.29, 0.717) is 33.6 Å².